The van der Waals surface area contributed by atoms with Crippen LogP contribution < -0.4 is 16.4 Å². The number of hydrogen-bond acceptors (Lipinski definition) is 4. The number of aryl methyl sites for hydroxylation is 1. The highest BCUT2D eigenvalue weighted by Gasteiger charge is 2.54. The zero-order valence-electron chi connectivity index (χ0n) is 16.0. The van der Waals surface area contributed by atoms with Gasteiger partial charge >= 0.3 is 0 Å². The molecule has 2 amide bonds. The Morgan fingerprint density at radius 3 is 2.25 bits per heavy atom. The number of primary amides is 1. The zero-order valence-corrected chi connectivity index (χ0v) is 17.6. The predicted molar refractivity (Wildman–Crippen MR) is 114 cm³/mol. The maximum atomic E-state index is 13.2. The molecule has 4 fully saturated rings. The van der Waals surface area contributed by atoms with Crippen molar-refractivity contribution in [2.24, 2.45) is 28.9 Å². The van der Waals surface area contributed by atoms with Gasteiger partial charge in [0, 0.05) is 4.88 Å². The lowest BCUT2D eigenvalue weighted by atomic mass is 9.49. The number of rotatable bonds is 3. The number of anilines is 1. The minimum atomic E-state index is -0.419. The van der Waals surface area contributed by atoms with Gasteiger partial charge in [0.25, 0.3) is 5.91 Å². The smallest absolute Gasteiger partial charge is 0.251 e. The van der Waals surface area contributed by atoms with E-state index in [1.807, 2.05) is 0 Å². The van der Waals surface area contributed by atoms with Gasteiger partial charge in [-0.1, -0.05) is 0 Å². The number of fused-ring (bicyclic) bond motifs is 1. The molecule has 4 saturated carbocycles. The number of nitrogens with two attached hydrogens (primary N) is 1. The Kier molecular flexibility index (Phi) is 4.51. The fourth-order valence-electron chi connectivity index (χ4n) is 6.67. The van der Waals surface area contributed by atoms with Crippen LogP contribution in [-0.2, 0) is 17.6 Å². The van der Waals surface area contributed by atoms with Gasteiger partial charge in [0.15, 0.2) is 5.11 Å². The van der Waals surface area contributed by atoms with Crippen molar-refractivity contribution in [2.75, 3.05) is 5.32 Å². The first-order valence-corrected chi connectivity index (χ1v) is 11.7. The van der Waals surface area contributed by atoms with E-state index < -0.39 is 5.91 Å². The Morgan fingerprint density at radius 2 is 1.64 bits per heavy atom. The summed E-state index contributed by atoms with van der Waals surface area (Å²) < 4.78 is 0. The average molecular weight is 418 g/mol. The van der Waals surface area contributed by atoms with E-state index in [0.717, 1.165) is 50.5 Å². The Bertz CT molecular complexity index is 825. The number of thiophene rings is 1. The Morgan fingerprint density at radius 1 is 1.04 bits per heavy atom. The molecule has 0 aliphatic heterocycles. The van der Waals surface area contributed by atoms with Gasteiger partial charge in [-0.2, -0.15) is 0 Å². The molecule has 0 radical (unpaired) electrons. The molecule has 28 heavy (non-hydrogen) atoms. The Hall–Kier alpha value is -1.47. The van der Waals surface area contributed by atoms with Crippen molar-refractivity contribution < 1.29 is 9.59 Å². The molecule has 0 atom stereocenters. The van der Waals surface area contributed by atoms with E-state index in [4.69, 9.17) is 18.0 Å². The number of amides is 2. The molecule has 1 aromatic rings. The quantitative estimate of drug-likeness (QED) is 0.654. The van der Waals surface area contributed by atoms with Crippen molar-refractivity contribution in [3.63, 3.8) is 0 Å². The first-order valence-electron chi connectivity index (χ1n) is 10.5. The molecule has 5 nitrogen and oxygen atoms in total. The van der Waals surface area contributed by atoms with E-state index in [1.165, 1.54) is 24.1 Å². The molecule has 4 N–H and O–H groups in total. The molecule has 1 heterocycles. The SMILES string of the molecule is NC(=O)c1c(NC(=S)NC(=O)C23CC4CC(CC(C4)C2)C3)sc2c1CCCC2. The minimum absolute atomic E-state index is 0.0750. The first kappa shape index (κ1) is 18.6. The fraction of sp³-hybridized carbons (Fsp3) is 0.667. The molecule has 1 aromatic heterocycles. The highest BCUT2D eigenvalue weighted by molar-refractivity contribution is 7.80. The van der Waals surface area contributed by atoms with Crippen LogP contribution in [0.25, 0.3) is 0 Å². The summed E-state index contributed by atoms with van der Waals surface area (Å²) in [5, 5.41) is 7.08. The number of hydrogen-bond donors (Lipinski definition) is 3. The highest BCUT2D eigenvalue weighted by atomic mass is 32.1. The molecular weight excluding hydrogens is 390 g/mol. The van der Waals surface area contributed by atoms with Crippen LogP contribution in [0.1, 0.15) is 72.2 Å². The lowest BCUT2D eigenvalue weighted by Gasteiger charge is -2.55. The summed E-state index contributed by atoms with van der Waals surface area (Å²) in [6, 6.07) is 0. The monoisotopic (exact) mass is 417 g/mol. The van der Waals surface area contributed by atoms with Crippen LogP contribution in [0.3, 0.4) is 0 Å². The van der Waals surface area contributed by atoms with Gasteiger partial charge in [-0.25, -0.2) is 0 Å². The number of nitrogens with one attached hydrogen (secondary N) is 2. The standard InChI is InChI=1S/C21H27N3O2S2/c22-17(25)16-14-3-1-2-4-15(14)28-18(16)23-20(27)24-19(26)21-8-11-5-12(9-21)7-13(6-11)10-21/h11-13H,1-10H2,(H2,22,25)(H2,23,24,26,27). The third-order valence-electron chi connectivity index (χ3n) is 7.39. The van der Waals surface area contributed by atoms with E-state index in [9.17, 15) is 9.59 Å². The maximum absolute atomic E-state index is 13.2. The molecule has 0 unspecified atom stereocenters. The van der Waals surface area contributed by atoms with Crippen molar-refractivity contribution in [1.82, 2.24) is 5.32 Å². The molecule has 0 saturated heterocycles. The predicted octanol–water partition coefficient (Wildman–Crippen LogP) is 3.76. The number of carbonyl (C=O) groups excluding carboxylic acids is 2. The van der Waals surface area contributed by atoms with Gasteiger partial charge in [-0.15, -0.1) is 11.3 Å². The van der Waals surface area contributed by atoms with Gasteiger partial charge < -0.3 is 16.4 Å². The van der Waals surface area contributed by atoms with Gasteiger partial charge in [-0.05, 0) is 99.7 Å². The van der Waals surface area contributed by atoms with Crippen LogP contribution >= 0.6 is 23.6 Å². The van der Waals surface area contributed by atoms with Crippen LogP contribution in [0.15, 0.2) is 0 Å². The molecule has 7 heteroatoms. The Balaban J connectivity index is 1.31. The Labute approximate surface area is 174 Å². The molecule has 5 aliphatic rings. The summed E-state index contributed by atoms with van der Waals surface area (Å²) in [4.78, 5) is 26.5. The van der Waals surface area contributed by atoms with Crippen LogP contribution in [0, 0.1) is 23.2 Å². The molecule has 5 aliphatic carbocycles. The lowest BCUT2D eigenvalue weighted by molar-refractivity contribution is -0.144. The minimum Gasteiger partial charge on any atom is -0.365 e. The van der Waals surface area contributed by atoms with Crippen molar-refractivity contribution in [3.05, 3.63) is 16.0 Å². The summed E-state index contributed by atoms with van der Waals surface area (Å²) in [7, 11) is 0. The summed E-state index contributed by atoms with van der Waals surface area (Å²) in [6.07, 6.45) is 11.0. The third kappa shape index (κ3) is 3.07. The second-order valence-corrected chi connectivity index (χ2v) is 10.9. The molecule has 150 valence electrons. The molecule has 0 spiro atoms. The molecule has 0 aromatic carbocycles. The van der Waals surface area contributed by atoms with Crippen molar-refractivity contribution in [3.8, 4) is 0 Å². The second-order valence-electron chi connectivity index (χ2n) is 9.39. The van der Waals surface area contributed by atoms with Gasteiger partial charge in [-0.3, -0.25) is 9.59 Å². The summed E-state index contributed by atoms with van der Waals surface area (Å²) in [5.74, 6) is 1.79. The van der Waals surface area contributed by atoms with E-state index >= 15 is 0 Å². The van der Waals surface area contributed by atoms with E-state index in [1.54, 1.807) is 11.3 Å². The number of carbonyl (C=O) groups is 2. The van der Waals surface area contributed by atoms with Crippen molar-refractivity contribution in [1.29, 1.82) is 0 Å². The highest BCUT2D eigenvalue weighted by Crippen LogP contribution is 2.60. The van der Waals surface area contributed by atoms with Crippen molar-refractivity contribution >= 4 is 45.5 Å². The topological polar surface area (TPSA) is 84.2 Å². The third-order valence-corrected chi connectivity index (χ3v) is 8.80. The second kappa shape index (κ2) is 6.80. The van der Waals surface area contributed by atoms with Gasteiger partial charge in [0.2, 0.25) is 5.91 Å². The van der Waals surface area contributed by atoms with Crippen LogP contribution in [-0.4, -0.2) is 16.9 Å². The summed E-state index contributed by atoms with van der Waals surface area (Å²) in [6.45, 7) is 0. The molecule has 4 bridgehead atoms. The van der Waals surface area contributed by atoms with Crippen LogP contribution in [0.2, 0.25) is 0 Å². The average Bonchev–Trinajstić information content (AvgIpc) is 2.98. The maximum Gasteiger partial charge on any atom is 0.251 e. The van der Waals surface area contributed by atoms with E-state index in [2.05, 4.69) is 10.6 Å². The number of thiocarbonyl (C=S) groups is 1. The van der Waals surface area contributed by atoms with E-state index in [0.29, 0.717) is 33.4 Å². The molecular formula is C21H27N3O2S2. The van der Waals surface area contributed by atoms with Crippen molar-refractivity contribution in [2.45, 2.75) is 64.2 Å². The van der Waals surface area contributed by atoms with Gasteiger partial charge in [0.05, 0.1) is 11.0 Å². The zero-order chi connectivity index (χ0) is 19.5. The summed E-state index contributed by atoms with van der Waals surface area (Å²) >= 11 is 7.02. The first-order chi connectivity index (χ1) is 13.4. The van der Waals surface area contributed by atoms with Gasteiger partial charge in [0.1, 0.15) is 5.00 Å². The largest absolute Gasteiger partial charge is 0.365 e. The van der Waals surface area contributed by atoms with E-state index in [-0.39, 0.29) is 11.3 Å². The lowest BCUT2D eigenvalue weighted by Crippen LogP contribution is -2.55. The molecule has 6 rings (SSSR count). The van der Waals surface area contributed by atoms with Crippen LogP contribution in [0.4, 0.5) is 5.00 Å². The normalized spacial score (nSPS) is 32.6. The fourth-order valence-corrected chi connectivity index (χ4v) is 8.23. The summed E-state index contributed by atoms with van der Waals surface area (Å²) in [5.41, 5.74) is 7.06. The van der Waals surface area contributed by atoms with Crippen LogP contribution in [0.5, 0.6) is 0 Å².